The van der Waals surface area contributed by atoms with Crippen LogP contribution < -0.4 is 0 Å². The summed E-state index contributed by atoms with van der Waals surface area (Å²) in [5, 5.41) is 19.2. The molecule has 0 N–H and O–H groups in total. The fourth-order valence-corrected chi connectivity index (χ4v) is 1.48. The van der Waals surface area contributed by atoms with Crippen LogP contribution in [0.25, 0.3) is 11.4 Å². The fourth-order valence-electron chi connectivity index (χ4n) is 1.31. The highest BCUT2D eigenvalue weighted by Gasteiger charge is 2.09. The lowest BCUT2D eigenvalue weighted by molar-refractivity contribution is -0.384. The smallest absolute Gasteiger partial charge is 0.258 e. The molecule has 0 aliphatic rings. The van der Waals surface area contributed by atoms with Crippen LogP contribution >= 0.6 is 11.6 Å². The molecule has 0 radical (unpaired) electrons. The van der Waals surface area contributed by atoms with Crippen LogP contribution in [0.4, 0.5) is 5.69 Å². The average Bonchev–Trinajstić information content (AvgIpc) is 2.38. The quantitative estimate of drug-likeness (QED) is 0.470. The number of nitro groups is 1. The largest absolute Gasteiger partial charge is 0.269 e. The summed E-state index contributed by atoms with van der Waals surface area (Å²) in [6, 6.07) is 7.60. The van der Waals surface area contributed by atoms with Crippen molar-refractivity contribution in [2.75, 3.05) is 0 Å². The van der Waals surface area contributed by atoms with Crippen LogP contribution in [-0.4, -0.2) is 14.9 Å². The van der Waals surface area contributed by atoms with Gasteiger partial charge in [-0.15, -0.1) is 0 Å². The molecular formula is C11H5ClN4O2. The van der Waals surface area contributed by atoms with E-state index in [4.69, 9.17) is 16.9 Å². The molecule has 0 atom stereocenters. The Labute approximate surface area is 107 Å². The summed E-state index contributed by atoms with van der Waals surface area (Å²) < 4.78 is 0. The van der Waals surface area contributed by atoms with Gasteiger partial charge in [0.1, 0.15) is 11.6 Å². The number of aromatic nitrogens is 2. The van der Waals surface area contributed by atoms with Crippen molar-refractivity contribution in [3.05, 3.63) is 51.3 Å². The Morgan fingerprint density at radius 3 is 2.50 bits per heavy atom. The van der Waals surface area contributed by atoms with E-state index in [1.165, 1.54) is 30.5 Å². The number of halogens is 1. The summed E-state index contributed by atoms with van der Waals surface area (Å²) in [4.78, 5) is 17.9. The molecule has 0 aliphatic heterocycles. The average molecular weight is 261 g/mol. The Hall–Kier alpha value is -2.52. The van der Waals surface area contributed by atoms with E-state index in [9.17, 15) is 10.1 Å². The van der Waals surface area contributed by atoms with Crippen LogP contribution in [0.1, 0.15) is 5.56 Å². The van der Waals surface area contributed by atoms with Gasteiger partial charge in [0.15, 0.2) is 11.0 Å². The second-order valence-corrected chi connectivity index (χ2v) is 3.67. The van der Waals surface area contributed by atoms with E-state index in [-0.39, 0.29) is 16.4 Å². The van der Waals surface area contributed by atoms with Crippen molar-refractivity contribution in [3.8, 4) is 17.5 Å². The van der Waals surface area contributed by atoms with Crippen LogP contribution in [0.5, 0.6) is 0 Å². The third kappa shape index (κ3) is 2.26. The summed E-state index contributed by atoms with van der Waals surface area (Å²) in [5.74, 6) is 0.314. The Bertz CT molecular complexity index is 649. The highest BCUT2D eigenvalue weighted by atomic mass is 35.5. The van der Waals surface area contributed by atoms with Crippen LogP contribution in [0.15, 0.2) is 30.5 Å². The second kappa shape index (κ2) is 4.77. The van der Waals surface area contributed by atoms with E-state index < -0.39 is 4.92 Å². The van der Waals surface area contributed by atoms with Gasteiger partial charge in [-0.25, -0.2) is 9.97 Å². The SMILES string of the molecule is N#Cc1cnc(-c2ccc([N+](=O)[O-])cc2)nc1Cl. The molecule has 0 bridgehead atoms. The van der Waals surface area contributed by atoms with Gasteiger partial charge in [0, 0.05) is 17.7 Å². The van der Waals surface area contributed by atoms with E-state index in [1.807, 2.05) is 6.07 Å². The molecule has 7 heteroatoms. The van der Waals surface area contributed by atoms with Crippen molar-refractivity contribution < 1.29 is 4.92 Å². The molecule has 6 nitrogen and oxygen atoms in total. The van der Waals surface area contributed by atoms with Crippen molar-refractivity contribution in [2.24, 2.45) is 0 Å². The van der Waals surface area contributed by atoms with Crippen molar-refractivity contribution in [3.63, 3.8) is 0 Å². The normalized spacial score (nSPS) is 9.78. The predicted octanol–water partition coefficient (Wildman–Crippen LogP) is 2.58. The van der Waals surface area contributed by atoms with E-state index >= 15 is 0 Å². The first-order chi connectivity index (χ1) is 8.61. The molecule has 1 heterocycles. The van der Waals surface area contributed by atoms with Crippen LogP contribution in [0.3, 0.4) is 0 Å². The molecule has 0 unspecified atom stereocenters. The number of nitriles is 1. The molecule has 2 aromatic rings. The number of rotatable bonds is 2. The number of nitrogens with zero attached hydrogens (tertiary/aromatic N) is 4. The Morgan fingerprint density at radius 2 is 2.00 bits per heavy atom. The monoisotopic (exact) mass is 260 g/mol. The van der Waals surface area contributed by atoms with Crippen LogP contribution in [0.2, 0.25) is 5.15 Å². The molecule has 0 fully saturated rings. The topological polar surface area (TPSA) is 92.7 Å². The zero-order valence-corrected chi connectivity index (χ0v) is 9.63. The zero-order chi connectivity index (χ0) is 13.1. The minimum Gasteiger partial charge on any atom is -0.258 e. The maximum absolute atomic E-state index is 10.5. The standard InChI is InChI=1S/C11H5ClN4O2/c12-10-8(5-13)6-14-11(15-10)7-1-3-9(4-2-7)16(17)18/h1-4,6H. The first-order valence-electron chi connectivity index (χ1n) is 4.79. The van der Waals surface area contributed by atoms with Crippen molar-refractivity contribution in [1.82, 2.24) is 9.97 Å². The number of nitro benzene ring substituents is 1. The fraction of sp³-hybridized carbons (Fsp3) is 0. The number of benzene rings is 1. The van der Waals surface area contributed by atoms with E-state index in [1.54, 1.807) is 0 Å². The second-order valence-electron chi connectivity index (χ2n) is 3.31. The predicted molar refractivity (Wildman–Crippen MR) is 63.8 cm³/mol. The molecule has 1 aromatic carbocycles. The highest BCUT2D eigenvalue weighted by Crippen LogP contribution is 2.21. The molecule has 0 spiro atoms. The van der Waals surface area contributed by atoms with Gasteiger partial charge in [0.2, 0.25) is 0 Å². The van der Waals surface area contributed by atoms with Crippen LogP contribution in [0, 0.1) is 21.4 Å². The van der Waals surface area contributed by atoms with Gasteiger partial charge in [0.05, 0.1) is 11.1 Å². The molecule has 2 rings (SSSR count). The van der Waals surface area contributed by atoms with Gasteiger partial charge < -0.3 is 0 Å². The molecule has 0 saturated carbocycles. The number of hydrogen-bond acceptors (Lipinski definition) is 5. The summed E-state index contributed by atoms with van der Waals surface area (Å²) >= 11 is 5.78. The Balaban J connectivity index is 2.40. The summed E-state index contributed by atoms with van der Waals surface area (Å²) in [6.07, 6.45) is 1.31. The Kier molecular flexibility index (Phi) is 3.17. The minimum atomic E-state index is -0.490. The third-order valence-corrected chi connectivity index (χ3v) is 2.49. The van der Waals surface area contributed by atoms with Crippen LogP contribution in [-0.2, 0) is 0 Å². The summed E-state index contributed by atoms with van der Waals surface area (Å²) in [6.45, 7) is 0. The van der Waals surface area contributed by atoms with Gasteiger partial charge >= 0.3 is 0 Å². The van der Waals surface area contributed by atoms with Gasteiger partial charge in [-0.3, -0.25) is 10.1 Å². The molecule has 1 aromatic heterocycles. The highest BCUT2D eigenvalue weighted by molar-refractivity contribution is 6.30. The lowest BCUT2D eigenvalue weighted by atomic mass is 10.2. The molecule has 0 saturated heterocycles. The first-order valence-corrected chi connectivity index (χ1v) is 5.17. The third-order valence-electron chi connectivity index (χ3n) is 2.20. The van der Waals surface area contributed by atoms with E-state index in [2.05, 4.69) is 9.97 Å². The molecule has 88 valence electrons. The summed E-state index contributed by atoms with van der Waals surface area (Å²) in [5.41, 5.74) is 0.757. The van der Waals surface area contributed by atoms with E-state index in [0.717, 1.165) is 0 Å². The van der Waals surface area contributed by atoms with Gasteiger partial charge in [-0.1, -0.05) is 11.6 Å². The first kappa shape index (κ1) is 12.0. The maximum Gasteiger partial charge on any atom is 0.269 e. The van der Waals surface area contributed by atoms with Gasteiger partial charge in [-0.05, 0) is 12.1 Å². The lowest BCUT2D eigenvalue weighted by Gasteiger charge is -2.00. The van der Waals surface area contributed by atoms with Crippen molar-refractivity contribution in [2.45, 2.75) is 0 Å². The molecule has 18 heavy (non-hydrogen) atoms. The molecule has 0 aliphatic carbocycles. The molecule has 0 amide bonds. The summed E-state index contributed by atoms with van der Waals surface area (Å²) in [7, 11) is 0. The lowest BCUT2D eigenvalue weighted by Crippen LogP contribution is -1.93. The van der Waals surface area contributed by atoms with Gasteiger partial charge in [-0.2, -0.15) is 5.26 Å². The van der Waals surface area contributed by atoms with Crippen molar-refractivity contribution in [1.29, 1.82) is 5.26 Å². The van der Waals surface area contributed by atoms with Gasteiger partial charge in [0.25, 0.3) is 5.69 Å². The number of hydrogen-bond donors (Lipinski definition) is 0. The molecular weight excluding hydrogens is 256 g/mol. The number of non-ortho nitro benzene ring substituents is 1. The zero-order valence-electron chi connectivity index (χ0n) is 8.87. The maximum atomic E-state index is 10.5. The minimum absolute atomic E-state index is 0.0153. The Morgan fingerprint density at radius 1 is 1.33 bits per heavy atom. The van der Waals surface area contributed by atoms with Crippen molar-refractivity contribution >= 4 is 17.3 Å². The van der Waals surface area contributed by atoms with E-state index in [0.29, 0.717) is 11.4 Å².